The van der Waals surface area contributed by atoms with Crippen LogP contribution in [0.4, 0.5) is 0 Å². The van der Waals surface area contributed by atoms with Gasteiger partial charge in [0, 0.05) is 10.8 Å². The Morgan fingerprint density at radius 1 is 1.06 bits per heavy atom. The molecule has 0 bridgehead atoms. The molecule has 0 aromatic heterocycles. The molecule has 0 saturated heterocycles. The van der Waals surface area contributed by atoms with Crippen LogP contribution in [0.15, 0.2) is 30.3 Å². The molecular formula is C13H14O3. The van der Waals surface area contributed by atoms with Crippen LogP contribution in [0.25, 0.3) is 10.8 Å². The maximum atomic E-state index is 9.96. The largest absolute Gasteiger partial charge is 0.507 e. The Balaban J connectivity index is 2.52. The van der Waals surface area contributed by atoms with Crippen LogP contribution < -0.4 is 4.74 Å². The summed E-state index contributed by atoms with van der Waals surface area (Å²) in [5, 5.41) is 20.8. The summed E-state index contributed by atoms with van der Waals surface area (Å²) in [5.74, 6) is 0.705. The Morgan fingerprint density at radius 2 is 1.88 bits per heavy atom. The van der Waals surface area contributed by atoms with E-state index < -0.39 is 0 Å². The van der Waals surface area contributed by atoms with Gasteiger partial charge in [-0.25, -0.2) is 0 Å². The zero-order chi connectivity index (χ0) is 11.5. The van der Waals surface area contributed by atoms with Crippen molar-refractivity contribution in [2.45, 2.75) is 13.3 Å². The summed E-state index contributed by atoms with van der Waals surface area (Å²) in [6, 6.07) is 8.46. The Kier molecular flexibility index (Phi) is 2.86. The number of phenolic OH excluding ortho intramolecular Hbond substituents is 2. The molecule has 3 nitrogen and oxygen atoms in total. The second kappa shape index (κ2) is 4.31. The lowest BCUT2D eigenvalue weighted by Crippen LogP contribution is -1.95. The molecule has 0 fully saturated rings. The third-order valence-corrected chi connectivity index (χ3v) is 2.43. The van der Waals surface area contributed by atoms with E-state index in [9.17, 15) is 10.2 Å². The molecular weight excluding hydrogens is 204 g/mol. The summed E-state index contributed by atoms with van der Waals surface area (Å²) in [6.07, 6.45) is 0.886. The molecule has 2 aromatic rings. The lowest BCUT2D eigenvalue weighted by Gasteiger charge is -2.09. The molecule has 84 valence electrons. The van der Waals surface area contributed by atoms with Crippen LogP contribution in [0.2, 0.25) is 0 Å². The van der Waals surface area contributed by atoms with Gasteiger partial charge in [-0.3, -0.25) is 0 Å². The first-order chi connectivity index (χ1) is 7.74. The van der Waals surface area contributed by atoms with Crippen LogP contribution in [0.3, 0.4) is 0 Å². The number of fused-ring (bicyclic) bond motifs is 1. The SMILES string of the molecule is CCCOc1ccc2c(O)cccc2c1O. The van der Waals surface area contributed by atoms with E-state index in [4.69, 9.17) is 4.74 Å². The van der Waals surface area contributed by atoms with E-state index in [0.29, 0.717) is 23.1 Å². The molecule has 0 heterocycles. The van der Waals surface area contributed by atoms with Crippen molar-refractivity contribution in [3.63, 3.8) is 0 Å². The van der Waals surface area contributed by atoms with Gasteiger partial charge in [0.05, 0.1) is 6.61 Å². The molecule has 16 heavy (non-hydrogen) atoms. The third-order valence-electron chi connectivity index (χ3n) is 2.43. The van der Waals surface area contributed by atoms with Gasteiger partial charge in [-0.2, -0.15) is 0 Å². The monoisotopic (exact) mass is 218 g/mol. The normalized spacial score (nSPS) is 10.6. The number of hydrogen-bond donors (Lipinski definition) is 2. The lowest BCUT2D eigenvalue weighted by molar-refractivity contribution is 0.301. The molecule has 3 heteroatoms. The summed E-state index contributed by atoms with van der Waals surface area (Å²) in [4.78, 5) is 0. The second-order valence-electron chi connectivity index (χ2n) is 3.63. The molecule has 0 aliphatic heterocycles. The van der Waals surface area contributed by atoms with Crippen LogP contribution in [-0.4, -0.2) is 16.8 Å². The predicted molar refractivity (Wildman–Crippen MR) is 63.1 cm³/mol. The van der Waals surface area contributed by atoms with Gasteiger partial charge >= 0.3 is 0 Å². The average molecular weight is 218 g/mol. The highest BCUT2D eigenvalue weighted by Gasteiger charge is 2.09. The Hall–Kier alpha value is -1.90. The van der Waals surface area contributed by atoms with Crippen molar-refractivity contribution < 1.29 is 14.9 Å². The number of phenols is 2. The summed E-state index contributed by atoms with van der Waals surface area (Å²) in [6.45, 7) is 2.57. The van der Waals surface area contributed by atoms with Crippen molar-refractivity contribution >= 4 is 10.8 Å². The minimum atomic E-state index is 0.0850. The van der Waals surface area contributed by atoms with Crippen molar-refractivity contribution in [2.75, 3.05) is 6.61 Å². The quantitative estimate of drug-likeness (QED) is 0.832. The van der Waals surface area contributed by atoms with Crippen molar-refractivity contribution in [3.05, 3.63) is 30.3 Å². The molecule has 0 unspecified atom stereocenters. The fourth-order valence-electron chi connectivity index (χ4n) is 1.63. The molecule has 2 aromatic carbocycles. The first-order valence-electron chi connectivity index (χ1n) is 5.30. The fourth-order valence-corrected chi connectivity index (χ4v) is 1.63. The molecule has 0 spiro atoms. The number of rotatable bonds is 3. The number of ether oxygens (including phenoxy) is 1. The maximum Gasteiger partial charge on any atom is 0.165 e. The van der Waals surface area contributed by atoms with E-state index in [0.717, 1.165) is 6.42 Å². The topological polar surface area (TPSA) is 49.7 Å². The van der Waals surface area contributed by atoms with Crippen molar-refractivity contribution in [1.82, 2.24) is 0 Å². The van der Waals surface area contributed by atoms with Crippen molar-refractivity contribution in [1.29, 1.82) is 0 Å². The van der Waals surface area contributed by atoms with Gasteiger partial charge in [-0.1, -0.05) is 19.1 Å². The average Bonchev–Trinajstić information content (AvgIpc) is 2.29. The third kappa shape index (κ3) is 1.76. The number of aromatic hydroxyl groups is 2. The molecule has 0 aliphatic rings. The van der Waals surface area contributed by atoms with Gasteiger partial charge < -0.3 is 14.9 Å². The van der Waals surface area contributed by atoms with E-state index in [-0.39, 0.29) is 11.5 Å². The molecule has 0 saturated carbocycles. The Bertz CT molecular complexity index is 506. The van der Waals surface area contributed by atoms with E-state index >= 15 is 0 Å². The predicted octanol–water partition coefficient (Wildman–Crippen LogP) is 3.04. The van der Waals surface area contributed by atoms with Crippen LogP contribution in [-0.2, 0) is 0 Å². The molecule has 0 aliphatic carbocycles. The molecule has 0 amide bonds. The van der Waals surface area contributed by atoms with E-state index in [1.165, 1.54) is 0 Å². The fraction of sp³-hybridized carbons (Fsp3) is 0.231. The smallest absolute Gasteiger partial charge is 0.165 e. The standard InChI is InChI=1S/C13H14O3/c1-2-8-16-12-7-6-9-10(13(12)15)4-3-5-11(9)14/h3-7,14-15H,2,8H2,1H3. The minimum Gasteiger partial charge on any atom is -0.507 e. The molecule has 0 radical (unpaired) electrons. The van der Waals surface area contributed by atoms with E-state index in [1.54, 1.807) is 30.3 Å². The summed E-state index contributed by atoms with van der Waals surface area (Å²) < 4.78 is 5.40. The van der Waals surface area contributed by atoms with Crippen molar-refractivity contribution in [2.24, 2.45) is 0 Å². The maximum absolute atomic E-state index is 9.96. The van der Waals surface area contributed by atoms with Crippen LogP contribution in [0.5, 0.6) is 17.2 Å². The minimum absolute atomic E-state index is 0.0850. The van der Waals surface area contributed by atoms with Gasteiger partial charge in [-0.05, 0) is 24.6 Å². The highest BCUT2D eigenvalue weighted by Crippen LogP contribution is 2.37. The summed E-state index contributed by atoms with van der Waals surface area (Å²) >= 11 is 0. The molecule has 2 N–H and O–H groups in total. The van der Waals surface area contributed by atoms with Gasteiger partial charge in [0.15, 0.2) is 11.5 Å². The van der Waals surface area contributed by atoms with E-state index in [2.05, 4.69) is 0 Å². The highest BCUT2D eigenvalue weighted by atomic mass is 16.5. The van der Waals surface area contributed by atoms with Gasteiger partial charge in [-0.15, -0.1) is 0 Å². The first kappa shape index (κ1) is 10.6. The van der Waals surface area contributed by atoms with Crippen LogP contribution in [0, 0.1) is 0 Å². The first-order valence-corrected chi connectivity index (χ1v) is 5.30. The zero-order valence-electron chi connectivity index (χ0n) is 9.10. The number of benzene rings is 2. The highest BCUT2D eigenvalue weighted by molar-refractivity contribution is 5.94. The van der Waals surface area contributed by atoms with Gasteiger partial charge in [0.2, 0.25) is 0 Å². The van der Waals surface area contributed by atoms with Crippen LogP contribution in [0.1, 0.15) is 13.3 Å². The van der Waals surface area contributed by atoms with E-state index in [1.807, 2.05) is 6.92 Å². The zero-order valence-corrected chi connectivity index (χ0v) is 9.10. The van der Waals surface area contributed by atoms with Crippen molar-refractivity contribution in [3.8, 4) is 17.2 Å². The summed E-state index contributed by atoms with van der Waals surface area (Å²) in [5.41, 5.74) is 0. The van der Waals surface area contributed by atoms with Gasteiger partial charge in [0.25, 0.3) is 0 Å². The number of hydrogen-bond acceptors (Lipinski definition) is 3. The molecule has 0 atom stereocenters. The lowest BCUT2D eigenvalue weighted by atomic mass is 10.1. The van der Waals surface area contributed by atoms with Gasteiger partial charge in [0.1, 0.15) is 5.75 Å². The summed E-state index contributed by atoms with van der Waals surface area (Å²) in [7, 11) is 0. The van der Waals surface area contributed by atoms with Crippen LogP contribution >= 0.6 is 0 Å². The molecule has 2 rings (SSSR count). The second-order valence-corrected chi connectivity index (χ2v) is 3.63. The Labute approximate surface area is 93.9 Å². The Morgan fingerprint density at radius 3 is 2.62 bits per heavy atom.